The van der Waals surface area contributed by atoms with Crippen molar-refractivity contribution < 1.29 is 8.78 Å². The topological polar surface area (TPSA) is 24.9 Å². The van der Waals surface area contributed by atoms with Crippen LogP contribution < -0.4 is 5.32 Å². The van der Waals surface area contributed by atoms with E-state index in [0.717, 1.165) is 16.4 Å². The van der Waals surface area contributed by atoms with Crippen LogP contribution in [0.25, 0.3) is 0 Å². The Bertz CT molecular complexity index is 514. The Kier molecular flexibility index (Phi) is 3.68. The molecule has 0 aliphatic heterocycles. The minimum absolute atomic E-state index is 0.287. The third-order valence-electron chi connectivity index (χ3n) is 2.23. The standard InChI is InChI=1S/C12H9BrF2N2/c13-12-4-3-10(7-17-12)16-6-8-1-2-9(14)5-11(8)15/h1-5,7,16H,6H2. The van der Waals surface area contributed by atoms with Crippen molar-refractivity contribution in [3.63, 3.8) is 0 Å². The molecule has 1 N–H and O–H groups in total. The minimum atomic E-state index is -0.573. The Hall–Kier alpha value is -1.49. The predicted molar refractivity (Wildman–Crippen MR) is 65.6 cm³/mol. The summed E-state index contributed by atoms with van der Waals surface area (Å²) in [6.07, 6.45) is 1.63. The van der Waals surface area contributed by atoms with E-state index in [-0.39, 0.29) is 6.54 Å². The van der Waals surface area contributed by atoms with Crippen LogP contribution in [0.15, 0.2) is 41.1 Å². The van der Waals surface area contributed by atoms with Gasteiger partial charge >= 0.3 is 0 Å². The van der Waals surface area contributed by atoms with Crippen molar-refractivity contribution >= 4 is 21.6 Å². The average molecular weight is 299 g/mol. The maximum atomic E-state index is 13.3. The van der Waals surface area contributed by atoms with Gasteiger partial charge in [-0.05, 0) is 34.1 Å². The number of halogens is 3. The van der Waals surface area contributed by atoms with Crippen LogP contribution in [0.5, 0.6) is 0 Å². The van der Waals surface area contributed by atoms with E-state index in [4.69, 9.17) is 0 Å². The number of benzene rings is 1. The van der Waals surface area contributed by atoms with Gasteiger partial charge in [-0.15, -0.1) is 0 Å². The first-order chi connectivity index (χ1) is 8.15. The highest BCUT2D eigenvalue weighted by atomic mass is 79.9. The number of hydrogen-bond donors (Lipinski definition) is 1. The summed E-state index contributed by atoms with van der Waals surface area (Å²) in [4.78, 5) is 4.03. The van der Waals surface area contributed by atoms with Gasteiger partial charge in [-0.1, -0.05) is 6.07 Å². The smallest absolute Gasteiger partial charge is 0.131 e. The zero-order valence-electron chi connectivity index (χ0n) is 8.75. The quantitative estimate of drug-likeness (QED) is 0.873. The highest BCUT2D eigenvalue weighted by Crippen LogP contribution is 2.14. The molecule has 0 amide bonds. The molecule has 5 heteroatoms. The Morgan fingerprint density at radius 1 is 1.18 bits per heavy atom. The molecule has 0 unspecified atom stereocenters. The van der Waals surface area contributed by atoms with E-state index >= 15 is 0 Å². The fourth-order valence-corrected chi connectivity index (χ4v) is 1.58. The van der Waals surface area contributed by atoms with E-state index in [9.17, 15) is 8.78 Å². The monoisotopic (exact) mass is 298 g/mol. The first-order valence-corrected chi connectivity index (χ1v) is 5.74. The maximum absolute atomic E-state index is 13.3. The molecule has 0 aliphatic carbocycles. The largest absolute Gasteiger partial charge is 0.380 e. The second kappa shape index (κ2) is 5.23. The SMILES string of the molecule is Fc1ccc(CNc2ccc(Br)nc2)c(F)c1. The molecule has 17 heavy (non-hydrogen) atoms. The molecule has 2 rings (SSSR count). The normalized spacial score (nSPS) is 10.3. The van der Waals surface area contributed by atoms with Gasteiger partial charge in [-0.3, -0.25) is 0 Å². The summed E-state index contributed by atoms with van der Waals surface area (Å²) >= 11 is 3.22. The summed E-state index contributed by atoms with van der Waals surface area (Å²) in [6, 6.07) is 7.13. The predicted octanol–water partition coefficient (Wildman–Crippen LogP) is 3.73. The van der Waals surface area contributed by atoms with Crippen molar-refractivity contribution in [2.24, 2.45) is 0 Å². The van der Waals surface area contributed by atoms with Crippen molar-refractivity contribution in [1.82, 2.24) is 4.98 Å². The zero-order valence-corrected chi connectivity index (χ0v) is 10.3. The van der Waals surface area contributed by atoms with Crippen LogP contribution in [0.1, 0.15) is 5.56 Å². The molecule has 1 heterocycles. The third-order valence-corrected chi connectivity index (χ3v) is 2.69. The van der Waals surface area contributed by atoms with Crippen molar-refractivity contribution in [1.29, 1.82) is 0 Å². The van der Waals surface area contributed by atoms with Gasteiger partial charge in [-0.25, -0.2) is 13.8 Å². The zero-order chi connectivity index (χ0) is 12.3. The number of aromatic nitrogens is 1. The highest BCUT2D eigenvalue weighted by molar-refractivity contribution is 9.10. The fraction of sp³-hybridized carbons (Fsp3) is 0.0833. The first kappa shape index (κ1) is 12.0. The van der Waals surface area contributed by atoms with Crippen LogP contribution in [0, 0.1) is 11.6 Å². The number of hydrogen-bond acceptors (Lipinski definition) is 2. The lowest BCUT2D eigenvalue weighted by Gasteiger charge is -2.07. The summed E-state index contributed by atoms with van der Waals surface area (Å²) in [5, 5.41) is 3.00. The molecular formula is C12H9BrF2N2. The van der Waals surface area contributed by atoms with Crippen LogP contribution in [-0.2, 0) is 6.54 Å². The fourth-order valence-electron chi connectivity index (χ4n) is 1.34. The van der Waals surface area contributed by atoms with Crippen LogP contribution in [0.3, 0.4) is 0 Å². The molecule has 2 nitrogen and oxygen atoms in total. The van der Waals surface area contributed by atoms with Gasteiger partial charge in [0.2, 0.25) is 0 Å². The van der Waals surface area contributed by atoms with Gasteiger partial charge < -0.3 is 5.32 Å². The van der Waals surface area contributed by atoms with E-state index in [2.05, 4.69) is 26.2 Å². The second-order valence-corrected chi connectivity index (χ2v) is 4.27. The molecule has 0 saturated heterocycles. The molecule has 0 radical (unpaired) electrons. The van der Waals surface area contributed by atoms with Crippen LogP contribution in [-0.4, -0.2) is 4.98 Å². The summed E-state index contributed by atoms with van der Waals surface area (Å²) in [5.74, 6) is -1.13. The molecule has 0 spiro atoms. The van der Waals surface area contributed by atoms with Gasteiger partial charge in [0.15, 0.2) is 0 Å². The van der Waals surface area contributed by atoms with Gasteiger partial charge in [0.05, 0.1) is 11.9 Å². The van der Waals surface area contributed by atoms with Gasteiger partial charge in [0.25, 0.3) is 0 Å². The molecule has 0 atom stereocenters. The lowest BCUT2D eigenvalue weighted by Crippen LogP contribution is -2.02. The number of anilines is 1. The van der Waals surface area contributed by atoms with Crippen LogP contribution in [0.2, 0.25) is 0 Å². The first-order valence-electron chi connectivity index (χ1n) is 4.94. The van der Waals surface area contributed by atoms with E-state index in [1.165, 1.54) is 12.1 Å². The number of nitrogens with one attached hydrogen (secondary N) is 1. The Balaban J connectivity index is 2.04. The van der Waals surface area contributed by atoms with Crippen LogP contribution >= 0.6 is 15.9 Å². The lowest BCUT2D eigenvalue weighted by molar-refractivity contribution is 0.574. The molecule has 1 aromatic carbocycles. The molecule has 0 bridgehead atoms. The summed E-state index contributed by atoms with van der Waals surface area (Å²) in [5.41, 5.74) is 1.19. The highest BCUT2D eigenvalue weighted by Gasteiger charge is 2.03. The Morgan fingerprint density at radius 2 is 2.00 bits per heavy atom. The van der Waals surface area contributed by atoms with Crippen molar-refractivity contribution in [2.45, 2.75) is 6.54 Å². The molecule has 0 saturated carbocycles. The van der Waals surface area contributed by atoms with E-state index in [1.54, 1.807) is 12.3 Å². The third kappa shape index (κ3) is 3.23. The summed E-state index contributed by atoms with van der Waals surface area (Å²) in [7, 11) is 0. The van der Waals surface area contributed by atoms with Crippen LogP contribution in [0.4, 0.5) is 14.5 Å². The Morgan fingerprint density at radius 3 is 2.65 bits per heavy atom. The molecular weight excluding hydrogens is 290 g/mol. The molecule has 88 valence electrons. The van der Waals surface area contributed by atoms with Crippen molar-refractivity contribution in [3.05, 3.63) is 58.3 Å². The van der Waals surface area contributed by atoms with Gasteiger partial charge in [0, 0.05) is 18.2 Å². The molecule has 2 aromatic rings. The molecule has 0 aliphatic rings. The lowest BCUT2D eigenvalue weighted by atomic mass is 10.2. The number of nitrogens with zero attached hydrogens (tertiary/aromatic N) is 1. The van der Waals surface area contributed by atoms with E-state index in [1.807, 2.05) is 6.07 Å². The summed E-state index contributed by atoms with van der Waals surface area (Å²) in [6.45, 7) is 0.287. The van der Waals surface area contributed by atoms with E-state index in [0.29, 0.717) is 5.56 Å². The van der Waals surface area contributed by atoms with E-state index < -0.39 is 11.6 Å². The Labute approximate surface area is 106 Å². The average Bonchev–Trinajstić information content (AvgIpc) is 2.30. The number of pyridine rings is 1. The number of rotatable bonds is 3. The van der Waals surface area contributed by atoms with Gasteiger partial charge in [0.1, 0.15) is 16.2 Å². The second-order valence-electron chi connectivity index (χ2n) is 3.46. The minimum Gasteiger partial charge on any atom is -0.380 e. The molecule has 0 fully saturated rings. The summed E-state index contributed by atoms with van der Waals surface area (Å²) < 4.78 is 26.7. The molecule has 1 aromatic heterocycles. The maximum Gasteiger partial charge on any atom is 0.131 e. The van der Waals surface area contributed by atoms with Gasteiger partial charge in [-0.2, -0.15) is 0 Å². The van der Waals surface area contributed by atoms with Crippen molar-refractivity contribution in [3.8, 4) is 0 Å². The van der Waals surface area contributed by atoms with Crippen molar-refractivity contribution in [2.75, 3.05) is 5.32 Å².